The Morgan fingerprint density at radius 2 is 1.97 bits per heavy atom. The molecule has 0 spiro atoms. The van der Waals surface area contributed by atoms with Crippen LogP contribution in [0.5, 0.6) is 0 Å². The molecule has 0 atom stereocenters. The van der Waals surface area contributed by atoms with Crippen molar-refractivity contribution in [2.75, 3.05) is 11.9 Å². The average Bonchev–Trinajstić information content (AvgIpc) is 3.52. The predicted octanol–water partition coefficient (Wildman–Crippen LogP) is 3.53. The monoisotopic (exact) mass is 422 g/mol. The number of urea groups is 1. The number of ether oxygens (including phenoxy) is 1. The molecule has 9 nitrogen and oxygen atoms in total. The van der Waals surface area contributed by atoms with E-state index in [4.69, 9.17) is 9.26 Å². The van der Waals surface area contributed by atoms with Gasteiger partial charge >= 0.3 is 12.0 Å². The van der Waals surface area contributed by atoms with Gasteiger partial charge in [-0.05, 0) is 56.9 Å². The molecule has 1 fully saturated rings. The van der Waals surface area contributed by atoms with Gasteiger partial charge in [0, 0.05) is 17.3 Å². The molecule has 2 aromatic heterocycles. The van der Waals surface area contributed by atoms with Gasteiger partial charge in [0.25, 0.3) is 11.6 Å². The number of nitrogens with zero attached hydrogens (tertiary/aromatic N) is 2. The minimum Gasteiger partial charge on any atom is -0.452 e. The lowest BCUT2D eigenvalue weighted by Crippen LogP contribution is -2.37. The summed E-state index contributed by atoms with van der Waals surface area (Å²) < 4.78 is 10.4. The highest BCUT2D eigenvalue weighted by Gasteiger charge is 2.29. The first-order valence-corrected chi connectivity index (χ1v) is 9.94. The zero-order valence-corrected chi connectivity index (χ0v) is 17.4. The summed E-state index contributed by atoms with van der Waals surface area (Å²) in [6.45, 7) is 4.88. The molecule has 9 heteroatoms. The predicted molar refractivity (Wildman–Crippen MR) is 112 cm³/mol. The smallest absolute Gasteiger partial charge is 0.339 e. The number of rotatable bonds is 5. The fraction of sp³-hybridized carbons (Fsp3) is 0.318. The van der Waals surface area contributed by atoms with E-state index in [1.807, 2.05) is 19.9 Å². The van der Waals surface area contributed by atoms with E-state index in [-0.39, 0.29) is 11.3 Å². The van der Waals surface area contributed by atoms with E-state index in [0.29, 0.717) is 22.7 Å². The summed E-state index contributed by atoms with van der Waals surface area (Å²) in [7, 11) is 0. The van der Waals surface area contributed by atoms with E-state index in [2.05, 4.69) is 20.8 Å². The van der Waals surface area contributed by atoms with Crippen LogP contribution in [0.4, 0.5) is 10.5 Å². The van der Waals surface area contributed by atoms with Crippen molar-refractivity contribution < 1.29 is 23.6 Å². The summed E-state index contributed by atoms with van der Waals surface area (Å²) in [5, 5.41) is 9.10. The second kappa shape index (κ2) is 8.17. The molecule has 2 N–H and O–H groups in total. The van der Waals surface area contributed by atoms with Crippen LogP contribution in [0.15, 0.2) is 28.8 Å². The molecular weight excluding hydrogens is 400 g/mol. The largest absolute Gasteiger partial charge is 0.452 e. The number of amides is 3. The molecular formula is C22H22N4O5. The molecule has 3 amide bonds. The fourth-order valence-corrected chi connectivity index (χ4v) is 3.27. The molecule has 160 valence electrons. The SMILES string of the molecule is Cc1cccc(NC(=O)NC(=O)COC(=O)c2cc(C3CC3)nc3onc(C)c23)c1C. The summed E-state index contributed by atoms with van der Waals surface area (Å²) >= 11 is 0. The third-order valence-corrected chi connectivity index (χ3v) is 5.29. The van der Waals surface area contributed by atoms with Crippen molar-refractivity contribution in [2.45, 2.75) is 39.5 Å². The number of hydrogen-bond donors (Lipinski definition) is 2. The Hall–Kier alpha value is -3.75. The van der Waals surface area contributed by atoms with Gasteiger partial charge in [-0.2, -0.15) is 0 Å². The number of imide groups is 1. The number of nitrogens with one attached hydrogen (secondary N) is 2. The molecule has 4 rings (SSSR count). The lowest BCUT2D eigenvalue weighted by Gasteiger charge is -2.11. The van der Waals surface area contributed by atoms with Crippen LogP contribution in [0, 0.1) is 20.8 Å². The van der Waals surface area contributed by atoms with Gasteiger partial charge in [-0.25, -0.2) is 14.6 Å². The summed E-state index contributed by atoms with van der Waals surface area (Å²) in [4.78, 5) is 41.3. The number of aryl methyl sites for hydroxylation is 2. The van der Waals surface area contributed by atoms with Crippen LogP contribution >= 0.6 is 0 Å². The molecule has 3 aromatic rings. The van der Waals surface area contributed by atoms with E-state index >= 15 is 0 Å². The number of pyridine rings is 1. The number of hydrogen-bond acceptors (Lipinski definition) is 7. The highest BCUT2D eigenvalue weighted by molar-refractivity contribution is 6.05. The number of carbonyl (C=O) groups is 3. The van der Waals surface area contributed by atoms with E-state index in [1.54, 1.807) is 25.1 Å². The summed E-state index contributed by atoms with van der Waals surface area (Å²) in [6, 6.07) is 6.43. The molecule has 0 bridgehead atoms. The van der Waals surface area contributed by atoms with Crippen molar-refractivity contribution in [1.82, 2.24) is 15.5 Å². The maximum Gasteiger partial charge on any atom is 0.339 e. The molecule has 1 aliphatic rings. The second-order valence-corrected chi connectivity index (χ2v) is 7.64. The molecule has 0 aliphatic heterocycles. The quantitative estimate of drug-likeness (QED) is 0.603. The van der Waals surface area contributed by atoms with Crippen LogP contribution in [-0.2, 0) is 9.53 Å². The van der Waals surface area contributed by atoms with Gasteiger partial charge in [0.15, 0.2) is 6.61 Å². The van der Waals surface area contributed by atoms with Crippen molar-refractivity contribution >= 4 is 34.7 Å². The number of aromatic nitrogens is 2. The van der Waals surface area contributed by atoms with Crippen LogP contribution in [0.2, 0.25) is 0 Å². The Labute approximate surface area is 178 Å². The third-order valence-electron chi connectivity index (χ3n) is 5.29. The molecule has 2 heterocycles. The molecule has 0 saturated heterocycles. The second-order valence-electron chi connectivity index (χ2n) is 7.64. The van der Waals surface area contributed by atoms with Crippen LogP contribution in [0.3, 0.4) is 0 Å². The molecule has 1 aliphatic carbocycles. The summed E-state index contributed by atoms with van der Waals surface area (Å²) in [5.41, 5.74) is 4.27. The average molecular weight is 422 g/mol. The Bertz CT molecular complexity index is 1200. The molecule has 0 radical (unpaired) electrons. The minimum atomic E-state index is -0.745. The van der Waals surface area contributed by atoms with E-state index in [9.17, 15) is 14.4 Å². The van der Waals surface area contributed by atoms with Crippen LogP contribution in [0.25, 0.3) is 11.1 Å². The lowest BCUT2D eigenvalue weighted by molar-refractivity contribution is -0.123. The van der Waals surface area contributed by atoms with Crippen molar-refractivity contribution in [3.8, 4) is 0 Å². The number of benzene rings is 1. The Kier molecular flexibility index (Phi) is 5.41. The zero-order chi connectivity index (χ0) is 22.1. The fourth-order valence-electron chi connectivity index (χ4n) is 3.27. The lowest BCUT2D eigenvalue weighted by atomic mass is 10.1. The Morgan fingerprint density at radius 3 is 2.71 bits per heavy atom. The number of anilines is 1. The van der Waals surface area contributed by atoms with Gasteiger partial charge in [0.2, 0.25) is 0 Å². The molecule has 1 aromatic carbocycles. The van der Waals surface area contributed by atoms with Gasteiger partial charge in [0.05, 0.1) is 16.6 Å². The normalized spacial score (nSPS) is 13.1. The topological polar surface area (TPSA) is 123 Å². The molecule has 31 heavy (non-hydrogen) atoms. The van der Waals surface area contributed by atoms with Crippen LogP contribution in [0.1, 0.15) is 51.6 Å². The highest BCUT2D eigenvalue weighted by atomic mass is 16.5. The minimum absolute atomic E-state index is 0.248. The summed E-state index contributed by atoms with van der Waals surface area (Å²) in [5.74, 6) is -1.16. The zero-order valence-electron chi connectivity index (χ0n) is 17.4. The number of fused-ring (bicyclic) bond motifs is 1. The van der Waals surface area contributed by atoms with E-state index in [0.717, 1.165) is 29.7 Å². The van der Waals surface area contributed by atoms with E-state index in [1.165, 1.54) is 0 Å². The van der Waals surface area contributed by atoms with Gasteiger partial charge in [-0.3, -0.25) is 10.1 Å². The van der Waals surface area contributed by atoms with Gasteiger partial charge in [-0.15, -0.1) is 0 Å². The highest BCUT2D eigenvalue weighted by Crippen LogP contribution is 2.40. The van der Waals surface area contributed by atoms with Crippen molar-refractivity contribution in [3.05, 3.63) is 52.3 Å². The van der Waals surface area contributed by atoms with E-state index < -0.39 is 24.5 Å². The maximum absolute atomic E-state index is 12.7. The van der Waals surface area contributed by atoms with Gasteiger partial charge < -0.3 is 14.6 Å². The standard InChI is InChI=1S/C22H22N4O5/c1-11-5-4-6-16(12(11)2)24-22(29)25-18(27)10-30-21(28)15-9-17(14-7-8-14)23-20-19(15)13(3)26-31-20/h4-6,9,14H,7-8,10H2,1-3H3,(H2,24,25,27,29). The van der Waals surface area contributed by atoms with Crippen LogP contribution in [-0.4, -0.2) is 34.7 Å². The van der Waals surface area contributed by atoms with Crippen LogP contribution < -0.4 is 10.6 Å². The van der Waals surface area contributed by atoms with Crippen molar-refractivity contribution in [3.63, 3.8) is 0 Å². The van der Waals surface area contributed by atoms with Crippen molar-refractivity contribution in [2.24, 2.45) is 0 Å². The molecule has 1 saturated carbocycles. The summed E-state index contributed by atoms with van der Waals surface area (Å²) in [6.07, 6.45) is 2.00. The molecule has 0 unspecified atom stereocenters. The third kappa shape index (κ3) is 4.40. The maximum atomic E-state index is 12.7. The van der Waals surface area contributed by atoms with Gasteiger partial charge in [0.1, 0.15) is 0 Å². The Balaban J connectivity index is 1.39. The first-order valence-electron chi connectivity index (χ1n) is 9.94. The first-order chi connectivity index (χ1) is 14.8. The van der Waals surface area contributed by atoms with Gasteiger partial charge in [-0.1, -0.05) is 17.3 Å². The number of carbonyl (C=O) groups excluding carboxylic acids is 3. The Morgan fingerprint density at radius 1 is 1.19 bits per heavy atom. The first kappa shape index (κ1) is 20.5. The van der Waals surface area contributed by atoms with Crippen molar-refractivity contribution in [1.29, 1.82) is 0 Å². The number of esters is 1.